The predicted molar refractivity (Wildman–Crippen MR) is 83.0 cm³/mol. The van der Waals surface area contributed by atoms with Crippen molar-refractivity contribution in [3.05, 3.63) is 76.5 Å². The van der Waals surface area contributed by atoms with Crippen LogP contribution in [0.3, 0.4) is 0 Å². The molecular weight excluding hydrogens is 262 g/mol. The molecule has 3 nitrogen and oxygen atoms in total. The maximum absolute atomic E-state index is 11.9. The van der Waals surface area contributed by atoms with Crippen LogP contribution in [0.5, 0.6) is 0 Å². The summed E-state index contributed by atoms with van der Waals surface area (Å²) in [6.45, 7) is 4.03. The molecule has 0 atom stereocenters. The average Bonchev–Trinajstić information content (AvgIpc) is 2.83. The minimum atomic E-state index is -0.411. The zero-order valence-corrected chi connectivity index (χ0v) is 12.0. The van der Waals surface area contributed by atoms with E-state index in [9.17, 15) is 4.79 Å². The van der Waals surface area contributed by atoms with Gasteiger partial charge in [0.2, 0.25) is 5.90 Å². The molecule has 1 aliphatic heterocycles. The topological polar surface area (TPSA) is 38.7 Å². The van der Waals surface area contributed by atoms with Gasteiger partial charge in [-0.3, -0.25) is 0 Å². The van der Waals surface area contributed by atoms with Gasteiger partial charge < -0.3 is 4.74 Å². The normalized spacial score (nSPS) is 16.0. The largest absolute Gasteiger partial charge is 0.402 e. The zero-order valence-electron chi connectivity index (χ0n) is 12.0. The Balaban J connectivity index is 1.91. The van der Waals surface area contributed by atoms with Crippen LogP contribution in [0.1, 0.15) is 22.3 Å². The van der Waals surface area contributed by atoms with Crippen LogP contribution >= 0.6 is 0 Å². The average molecular weight is 277 g/mol. The summed E-state index contributed by atoms with van der Waals surface area (Å²) in [5, 5.41) is 0. The summed E-state index contributed by atoms with van der Waals surface area (Å²) in [5.41, 5.74) is 4.39. The van der Waals surface area contributed by atoms with E-state index in [0.717, 1.165) is 16.7 Å². The van der Waals surface area contributed by atoms with E-state index in [1.165, 1.54) is 5.56 Å². The number of hydrogen-bond donors (Lipinski definition) is 0. The van der Waals surface area contributed by atoms with Crippen molar-refractivity contribution in [3.63, 3.8) is 0 Å². The van der Waals surface area contributed by atoms with Gasteiger partial charge in [0.05, 0.1) is 0 Å². The minimum absolute atomic E-state index is 0.328. The number of carbonyl (C=O) groups is 1. The van der Waals surface area contributed by atoms with Gasteiger partial charge in [-0.1, -0.05) is 47.5 Å². The second-order valence-corrected chi connectivity index (χ2v) is 5.11. The molecule has 3 heteroatoms. The summed E-state index contributed by atoms with van der Waals surface area (Å²) in [6.07, 6.45) is 1.74. The van der Waals surface area contributed by atoms with Crippen molar-refractivity contribution in [3.8, 4) is 0 Å². The van der Waals surface area contributed by atoms with Crippen molar-refractivity contribution < 1.29 is 9.53 Å². The van der Waals surface area contributed by atoms with Gasteiger partial charge in [0, 0.05) is 5.56 Å². The van der Waals surface area contributed by atoms with Crippen LogP contribution in [0.15, 0.2) is 59.2 Å². The third-order valence-corrected chi connectivity index (χ3v) is 3.30. The Hall–Kier alpha value is -2.68. The molecular formula is C18H15NO2. The third kappa shape index (κ3) is 2.92. The summed E-state index contributed by atoms with van der Waals surface area (Å²) in [4.78, 5) is 16.2. The number of nitrogens with zero attached hydrogens (tertiary/aromatic N) is 1. The van der Waals surface area contributed by atoms with Crippen LogP contribution in [0.2, 0.25) is 0 Å². The third-order valence-electron chi connectivity index (χ3n) is 3.30. The lowest BCUT2D eigenvalue weighted by Gasteiger charge is -1.99. The maximum Gasteiger partial charge on any atom is 0.363 e. The van der Waals surface area contributed by atoms with Gasteiger partial charge in [0.25, 0.3) is 0 Å². The first kappa shape index (κ1) is 13.3. The summed E-state index contributed by atoms with van der Waals surface area (Å²) in [7, 11) is 0. The second-order valence-electron chi connectivity index (χ2n) is 5.11. The van der Waals surface area contributed by atoms with Crippen LogP contribution in [0.4, 0.5) is 0 Å². The molecule has 0 bridgehead atoms. The fraction of sp³-hybridized carbons (Fsp3) is 0.111. The van der Waals surface area contributed by atoms with Crippen LogP contribution in [-0.4, -0.2) is 11.9 Å². The first-order valence-corrected chi connectivity index (χ1v) is 6.78. The molecule has 1 heterocycles. The molecule has 0 aliphatic carbocycles. The molecule has 2 aromatic carbocycles. The number of rotatable bonds is 2. The maximum atomic E-state index is 11.9. The fourth-order valence-corrected chi connectivity index (χ4v) is 2.05. The lowest BCUT2D eigenvalue weighted by molar-refractivity contribution is -0.129. The monoisotopic (exact) mass is 277 g/mol. The lowest BCUT2D eigenvalue weighted by Crippen LogP contribution is -2.05. The molecule has 0 unspecified atom stereocenters. The molecule has 3 rings (SSSR count). The Morgan fingerprint density at radius 2 is 1.48 bits per heavy atom. The Kier molecular flexibility index (Phi) is 3.40. The molecule has 2 aromatic rings. The number of cyclic esters (lactones) is 1. The number of esters is 1. The first-order chi connectivity index (χ1) is 10.1. The van der Waals surface area contributed by atoms with Crippen LogP contribution < -0.4 is 0 Å². The summed E-state index contributed by atoms with van der Waals surface area (Å²) < 4.78 is 5.24. The van der Waals surface area contributed by atoms with Crippen molar-refractivity contribution in [2.45, 2.75) is 13.8 Å². The van der Waals surface area contributed by atoms with Gasteiger partial charge in [-0.15, -0.1) is 0 Å². The molecule has 0 radical (unpaired) electrons. The van der Waals surface area contributed by atoms with Gasteiger partial charge in [0.15, 0.2) is 5.70 Å². The molecule has 0 amide bonds. The quantitative estimate of drug-likeness (QED) is 0.621. The molecule has 0 saturated carbocycles. The van der Waals surface area contributed by atoms with Crippen molar-refractivity contribution in [1.82, 2.24) is 0 Å². The predicted octanol–water partition coefficient (Wildman–Crippen LogP) is 3.65. The van der Waals surface area contributed by atoms with Crippen molar-refractivity contribution in [1.29, 1.82) is 0 Å². The molecule has 21 heavy (non-hydrogen) atoms. The van der Waals surface area contributed by atoms with Crippen molar-refractivity contribution >= 4 is 17.9 Å². The fourth-order valence-electron chi connectivity index (χ4n) is 2.05. The van der Waals surface area contributed by atoms with E-state index in [1.54, 1.807) is 6.08 Å². The SMILES string of the molecule is Cc1ccc(C=C2N=C(c3ccc(C)cc3)OC2=O)cc1. The number of aliphatic imine (C=N–C) groups is 1. The molecule has 0 N–H and O–H groups in total. The van der Waals surface area contributed by atoms with E-state index in [-0.39, 0.29) is 0 Å². The highest BCUT2D eigenvalue weighted by Gasteiger charge is 2.23. The van der Waals surface area contributed by atoms with E-state index in [1.807, 2.05) is 62.4 Å². The highest BCUT2D eigenvalue weighted by molar-refractivity contribution is 6.12. The Morgan fingerprint density at radius 1 is 0.905 bits per heavy atom. The number of ether oxygens (including phenoxy) is 1. The van der Waals surface area contributed by atoms with Gasteiger partial charge in [-0.2, -0.15) is 0 Å². The van der Waals surface area contributed by atoms with E-state index < -0.39 is 5.97 Å². The molecule has 1 aliphatic rings. The van der Waals surface area contributed by atoms with E-state index in [2.05, 4.69) is 4.99 Å². The van der Waals surface area contributed by atoms with E-state index >= 15 is 0 Å². The first-order valence-electron chi connectivity index (χ1n) is 6.78. The number of aryl methyl sites for hydroxylation is 2. The summed E-state index contributed by atoms with van der Waals surface area (Å²) >= 11 is 0. The van der Waals surface area contributed by atoms with Gasteiger partial charge >= 0.3 is 5.97 Å². The lowest BCUT2D eigenvalue weighted by atomic mass is 10.1. The molecule has 0 spiro atoms. The van der Waals surface area contributed by atoms with Crippen molar-refractivity contribution in [2.24, 2.45) is 4.99 Å². The van der Waals surface area contributed by atoms with Crippen LogP contribution in [0.25, 0.3) is 6.08 Å². The Labute approximate surface area is 123 Å². The number of hydrogen-bond acceptors (Lipinski definition) is 3. The minimum Gasteiger partial charge on any atom is -0.402 e. The van der Waals surface area contributed by atoms with Gasteiger partial charge in [0.1, 0.15) is 0 Å². The number of carbonyl (C=O) groups excluding carboxylic acids is 1. The number of benzene rings is 2. The van der Waals surface area contributed by atoms with Gasteiger partial charge in [-0.25, -0.2) is 9.79 Å². The summed E-state index contributed by atoms with van der Waals surface area (Å²) in [6, 6.07) is 15.6. The van der Waals surface area contributed by atoms with E-state index in [0.29, 0.717) is 11.6 Å². The van der Waals surface area contributed by atoms with E-state index in [4.69, 9.17) is 4.74 Å². The molecule has 0 fully saturated rings. The molecule has 0 saturated heterocycles. The standard InChI is InChI=1S/C18H15NO2/c1-12-3-7-14(8-4-12)11-16-18(20)21-17(19-16)15-9-5-13(2)6-10-15/h3-11H,1-2H3. The highest BCUT2D eigenvalue weighted by Crippen LogP contribution is 2.19. The van der Waals surface area contributed by atoms with Gasteiger partial charge in [-0.05, 0) is 37.6 Å². The smallest absolute Gasteiger partial charge is 0.363 e. The molecule has 104 valence electrons. The Bertz CT molecular complexity index is 738. The zero-order chi connectivity index (χ0) is 14.8. The molecule has 0 aromatic heterocycles. The Morgan fingerprint density at radius 3 is 2.10 bits per heavy atom. The summed E-state index contributed by atoms with van der Waals surface area (Å²) in [5.74, 6) is -0.0514. The second kappa shape index (κ2) is 5.37. The van der Waals surface area contributed by atoms with Crippen LogP contribution in [0, 0.1) is 13.8 Å². The highest BCUT2D eigenvalue weighted by atomic mass is 16.6. The van der Waals surface area contributed by atoms with Crippen molar-refractivity contribution in [2.75, 3.05) is 0 Å². The van der Waals surface area contributed by atoms with Crippen LogP contribution in [-0.2, 0) is 9.53 Å².